The van der Waals surface area contributed by atoms with Crippen LogP contribution >= 0.6 is 34.5 Å². The molecule has 150 valence electrons. The fourth-order valence-electron chi connectivity index (χ4n) is 2.39. The Bertz CT molecular complexity index is 1040. The van der Waals surface area contributed by atoms with Crippen molar-refractivity contribution in [3.05, 3.63) is 63.6 Å². The zero-order valence-corrected chi connectivity index (χ0v) is 17.5. The van der Waals surface area contributed by atoms with Crippen LogP contribution in [0.5, 0.6) is 5.75 Å². The fourth-order valence-corrected chi connectivity index (χ4v) is 3.39. The number of amides is 3. The normalized spacial score (nSPS) is 10.3. The van der Waals surface area contributed by atoms with Gasteiger partial charge < -0.3 is 15.4 Å². The van der Waals surface area contributed by atoms with E-state index >= 15 is 0 Å². The lowest BCUT2D eigenvalue weighted by molar-refractivity contribution is -0.115. The van der Waals surface area contributed by atoms with Gasteiger partial charge in [0, 0.05) is 11.1 Å². The van der Waals surface area contributed by atoms with Crippen molar-refractivity contribution in [3.8, 4) is 5.75 Å². The van der Waals surface area contributed by atoms with Crippen LogP contribution in [-0.2, 0) is 11.2 Å². The van der Waals surface area contributed by atoms with Gasteiger partial charge in [-0.25, -0.2) is 9.78 Å². The minimum atomic E-state index is -0.462. The summed E-state index contributed by atoms with van der Waals surface area (Å²) in [6, 6.07) is 11.4. The van der Waals surface area contributed by atoms with Crippen molar-refractivity contribution in [3.63, 3.8) is 0 Å². The number of hydrogen-bond donors (Lipinski definition) is 3. The van der Waals surface area contributed by atoms with Crippen molar-refractivity contribution in [2.24, 2.45) is 0 Å². The lowest BCUT2D eigenvalue weighted by atomic mass is 10.3. The third kappa shape index (κ3) is 5.83. The topological polar surface area (TPSA) is 92.3 Å². The van der Waals surface area contributed by atoms with Crippen molar-refractivity contribution in [1.82, 2.24) is 4.98 Å². The van der Waals surface area contributed by atoms with Crippen LogP contribution in [0.2, 0.25) is 10.0 Å². The summed E-state index contributed by atoms with van der Waals surface area (Å²) in [5, 5.41) is 10.9. The van der Waals surface area contributed by atoms with Crippen LogP contribution in [0, 0.1) is 0 Å². The number of para-hydroxylation sites is 2. The molecule has 2 aromatic carbocycles. The number of aromatic nitrogens is 1. The number of urea groups is 1. The third-order valence-corrected chi connectivity index (χ3v) is 5.22. The highest BCUT2D eigenvalue weighted by Crippen LogP contribution is 2.26. The Hall–Kier alpha value is -2.81. The van der Waals surface area contributed by atoms with Crippen LogP contribution in [0.1, 0.15) is 5.69 Å². The molecule has 10 heteroatoms. The first-order valence-corrected chi connectivity index (χ1v) is 9.98. The summed E-state index contributed by atoms with van der Waals surface area (Å²) >= 11 is 13.0. The molecule has 0 unspecified atom stereocenters. The van der Waals surface area contributed by atoms with Crippen molar-refractivity contribution in [2.75, 3.05) is 23.1 Å². The number of nitrogens with one attached hydrogen (secondary N) is 3. The van der Waals surface area contributed by atoms with E-state index in [1.165, 1.54) is 18.4 Å². The Kier molecular flexibility index (Phi) is 6.92. The Balaban J connectivity index is 1.55. The molecule has 3 N–H and O–H groups in total. The van der Waals surface area contributed by atoms with Crippen LogP contribution in [0.25, 0.3) is 0 Å². The molecule has 0 aliphatic rings. The zero-order chi connectivity index (χ0) is 20.8. The first kappa shape index (κ1) is 20.9. The number of halogens is 2. The number of carbonyl (C=O) groups excluding carboxylic acids is 2. The number of carbonyl (C=O) groups is 2. The number of ether oxygens (including phenoxy) is 1. The summed E-state index contributed by atoms with van der Waals surface area (Å²) < 4.78 is 5.19. The number of thiazole rings is 1. The summed E-state index contributed by atoms with van der Waals surface area (Å²) in [4.78, 5) is 28.6. The van der Waals surface area contributed by atoms with Crippen molar-refractivity contribution >= 4 is 63.0 Å². The van der Waals surface area contributed by atoms with E-state index in [9.17, 15) is 9.59 Å². The molecule has 0 saturated carbocycles. The molecule has 1 heterocycles. The summed E-state index contributed by atoms with van der Waals surface area (Å²) in [6.07, 6.45) is 0.0482. The summed E-state index contributed by atoms with van der Waals surface area (Å²) in [7, 11) is 1.52. The summed E-state index contributed by atoms with van der Waals surface area (Å²) in [5.74, 6) is 0.278. The van der Waals surface area contributed by atoms with Crippen LogP contribution in [-0.4, -0.2) is 24.0 Å². The second-order valence-electron chi connectivity index (χ2n) is 5.78. The van der Waals surface area contributed by atoms with E-state index in [0.29, 0.717) is 38.0 Å². The zero-order valence-electron chi connectivity index (χ0n) is 15.2. The second kappa shape index (κ2) is 9.60. The van der Waals surface area contributed by atoms with Gasteiger partial charge in [0.1, 0.15) is 5.75 Å². The van der Waals surface area contributed by atoms with Crippen molar-refractivity contribution in [1.29, 1.82) is 0 Å². The van der Waals surface area contributed by atoms with Gasteiger partial charge in [0.15, 0.2) is 5.13 Å². The predicted molar refractivity (Wildman–Crippen MR) is 117 cm³/mol. The number of rotatable bonds is 6. The van der Waals surface area contributed by atoms with Gasteiger partial charge in [-0.15, -0.1) is 11.3 Å². The second-order valence-corrected chi connectivity index (χ2v) is 7.45. The largest absolute Gasteiger partial charge is 0.495 e. The molecule has 0 saturated heterocycles. The van der Waals surface area contributed by atoms with Gasteiger partial charge in [-0.1, -0.05) is 35.3 Å². The maximum atomic E-state index is 12.2. The van der Waals surface area contributed by atoms with Gasteiger partial charge in [0.05, 0.1) is 35.0 Å². The van der Waals surface area contributed by atoms with E-state index in [-0.39, 0.29) is 12.3 Å². The Labute approximate surface area is 181 Å². The molecular formula is C19H16Cl2N4O3S. The number of nitrogens with zero attached hydrogens (tertiary/aromatic N) is 1. The van der Waals surface area contributed by atoms with E-state index in [1.54, 1.807) is 47.8 Å². The number of benzene rings is 2. The van der Waals surface area contributed by atoms with Crippen molar-refractivity contribution < 1.29 is 14.3 Å². The molecule has 1 aromatic heterocycles. The van der Waals surface area contributed by atoms with Crippen LogP contribution in [0.15, 0.2) is 47.8 Å². The number of hydrogen-bond acceptors (Lipinski definition) is 5. The Morgan fingerprint density at radius 3 is 2.62 bits per heavy atom. The molecule has 0 aliphatic heterocycles. The highest BCUT2D eigenvalue weighted by Gasteiger charge is 2.12. The predicted octanol–water partition coefficient (Wildman–Crippen LogP) is 5.28. The molecular weight excluding hydrogens is 435 g/mol. The smallest absolute Gasteiger partial charge is 0.325 e. The number of methoxy groups -OCH3 is 1. The molecule has 3 rings (SSSR count). The summed E-state index contributed by atoms with van der Waals surface area (Å²) in [5.41, 5.74) is 1.60. The van der Waals surface area contributed by atoms with E-state index in [2.05, 4.69) is 20.9 Å². The van der Waals surface area contributed by atoms with Gasteiger partial charge in [-0.05, 0) is 30.3 Å². The summed E-state index contributed by atoms with van der Waals surface area (Å²) in [6.45, 7) is 0. The molecule has 0 spiro atoms. The van der Waals surface area contributed by atoms with Crippen LogP contribution in [0.4, 0.5) is 21.3 Å². The molecule has 0 fully saturated rings. The molecule has 3 amide bonds. The lowest BCUT2D eigenvalue weighted by Crippen LogP contribution is -2.20. The van der Waals surface area contributed by atoms with E-state index in [1.807, 2.05) is 0 Å². The number of anilines is 3. The minimum absolute atomic E-state index is 0.0482. The van der Waals surface area contributed by atoms with Gasteiger partial charge in [-0.2, -0.15) is 0 Å². The standard InChI is InChI=1S/C19H16Cl2N4O3S/c1-28-16-5-3-2-4-15(16)24-18(27)25-19-23-12(10-29-19)9-17(26)22-11-6-7-13(20)14(21)8-11/h2-8,10H,9H2,1H3,(H,22,26)(H2,23,24,25,27). The lowest BCUT2D eigenvalue weighted by Gasteiger charge is -2.09. The quantitative estimate of drug-likeness (QED) is 0.475. The van der Waals surface area contributed by atoms with Crippen LogP contribution < -0.4 is 20.7 Å². The molecule has 3 aromatic rings. The SMILES string of the molecule is COc1ccccc1NC(=O)Nc1nc(CC(=O)Nc2ccc(Cl)c(Cl)c2)cs1. The molecule has 0 atom stereocenters. The van der Waals surface area contributed by atoms with Crippen LogP contribution in [0.3, 0.4) is 0 Å². The van der Waals surface area contributed by atoms with Gasteiger partial charge >= 0.3 is 6.03 Å². The first-order valence-electron chi connectivity index (χ1n) is 8.35. The van der Waals surface area contributed by atoms with E-state index in [4.69, 9.17) is 27.9 Å². The average Bonchev–Trinajstić information content (AvgIpc) is 3.11. The monoisotopic (exact) mass is 450 g/mol. The Morgan fingerprint density at radius 2 is 1.86 bits per heavy atom. The van der Waals surface area contributed by atoms with E-state index in [0.717, 1.165) is 0 Å². The maximum absolute atomic E-state index is 12.2. The fraction of sp³-hybridized carbons (Fsp3) is 0.105. The van der Waals surface area contributed by atoms with Gasteiger partial charge in [-0.3, -0.25) is 10.1 Å². The maximum Gasteiger partial charge on any atom is 0.325 e. The molecule has 29 heavy (non-hydrogen) atoms. The van der Waals surface area contributed by atoms with Gasteiger partial charge in [0.2, 0.25) is 5.91 Å². The minimum Gasteiger partial charge on any atom is -0.495 e. The highest BCUT2D eigenvalue weighted by molar-refractivity contribution is 7.14. The van der Waals surface area contributed by atoms with E-state index < -0.39 is 6.03 Å². The molecule has 7 nitrogen and oxygen atoms in total. The van der Waals surface area contributed by atoms with Crippen molar-refractivity contribution in [2.45, 2.75) is 6.42 Å². The molecule has 0 radical (unpaired) electrons. The average molecular weight is 451 g/mol. The van der Waals surface area contributed by atoms with Gasteiger partial charge in [0.25, 0.3) is 0 Å². The third-order valence-electron chi connectivity index (χ3n) is 3.67. The molecule has 0 bridgehead atoms. The highest BCUT2D eigenvalue weighted by atomic mass is 35.5. The molecule has 0 aliphatic carbocycles. The first-order chi connectivity index (χ1) is 13.9. The Morgan fingerprint density at radius 1 is 1.07 bits per heavy atom.